The van der Waals surface area contributed by atoms with Gasteiger partial charge in [0.2, 0.25) is 5.91 Å². The summed E-state index contributed by atoms with van der Waals surface area (Å²) in [4.78, 5) is 24.5. The first-order chi connectivity index (χ1) is 8.66. The Labute approximate surface area is 106 Å². The van der Waals surface area contributed by atoms with Crippen LogP contribution in [0, 0.1) is 5.92 Å². The number of carboxylic acids is 1. The summed E-state index contributed by atoms with van der Waals surface area (Å²) in [6.45, 7) is 1.04. The summed E-state index contributed by atoms with van der Waals surface area (Å²) in [5.41, 5.74) is 0.990. The molecule has 0 saturated carbocycles. The Bertz CT molecular complexity index is 422. The maximum atomic E-state index is 12.0. The quantitative estimate of drug-likeness (QED) is 0.766. The van der Waals surface area contributed by atoms with E-state index in [0.29, 0.717) is 32.4 Å². The summed E-state index contributed by atoms with van der Waals surface area (Å²) < 4.78 is 0. The number of rotatable bonds is 3. The predicted molar refractivity (Wildman–Crippen MR) is 64.5 cm³/mol. The van der Waals surface area contributed by atoms with Crippen LogP contribution in [-0.2, 0) is 16.0 Å². The highest BCUT2D eigenvalue weighted by Gasteiger charge is 2.23. The van der Waals surface area contributed by atoms with Crippen molar-refractivity contribution in [1.82, 2.24) is 4.90 Å². The Balaban J connectivity index is 1.86. The molecule has 0 atom stereocenters. The number of amides is 1. The van der Waals surface area contributed by atoms with Crippen molar-refractivity contribution in [3.63, 3.8) is 0 Å². The molecule has 96 valence electrons. The van der Waals surface area contributed by atoms with Crippen LogP contribution in [0.25, 0.3) is 0 Å². The summed E-state index contributed by atoms with van der Waals surface area (Å²) in [7, 11) is 0. The lowest BCUT2D eigenvalue weighted by atomic mass is 9.96. The molecular formula is C14H16NO3-. The molecule has 1 aromatic rings. The van der Waals surface area contributed by atoms with E-state index < -0.39 is 11.9 Å². The van der Waals surface area contributed by atoms with Crippen molar-refractivity contribution in [2.75, 3.05) is 13.1 Å². The van der Waals surface area contributed by atoms with Gasteiger partial charge in [0, 0.05) is 25.0 Å². The van der Waals surface area contributed by atoms with Gasteiger partial charge in [-0.3, -0.25) is 4.79 Å². The molecule has 1 saturated heterocycles. The number of piperidine rings is 1. The number of nitrogens with zero attached hydrogens (tertiary/aromatic N) is 1. The molecular weight excluding hydrogens is 230 g/mol. The van der Waals surface area contributed by atoms with Gasteiger partial charge < -0.3 is 14.8 Å². The summed E-state index contributed by atoms with van der Waals surface area (Å²) in [5, 5.41) is 10.7. The van der Waals surface area contributed by atoms with Crippen LogP contribution in [0.1, 0.15) is 18.4 Å². The fourth-order valence-corrected chi connectivity index (χ4v) is 2.25. The summed E-state index contributed by atoms with van der Waals surface area (Å²) in [6.07, 6.45) is 1.39. The minimum atomic E-state index is -0.995. The molecule has 0 aliphatic carbocycles. The van der Waals surface area contributed by atoms with E-state index in [1.165, 1.54) is 0 Å². The van der Waals surface area contributed by atoms with Gasteiger partial charge >= 0.3 is 0 Å². The lowest BCUT2D eigenvalue weighted by Crippen LogP contribution is -2.44. The number of hydrogen-bond acceptors (Lipinski definition) is 3. The van der Waals surface area contributed by atoms with Crippen molar-refractivity contribution in [3.8, 4) is 0 Å². The Morgan fingerprint density at radius 1 is 1.17 bits per heavy atom. The molecule has 2 rings (SSSR count). The van der Waals surface area contributed by atoms with Gasteiger partial charge in [0.25, 0.3) is 0 Å². The van der Waals surface area contributed by atoms with E-state index in [0.717, 1.165) is 5.56 Å². The normalized spacial score (nSPS) is 16.6. The Hall–Kier alpha value is -1.84. The molecule has 0 bridgehead atoms. The molecule has 4 nitrogen and oxygen atoms in total. The van der Waals surface area contributed by atoms with E-state index in [1.54, 1.807) is 4.90 Å². The second kappa shape index (κ2) is 5.67. The van der Waals surface area contributed by atoms with Crippen molar-refractivity contribution in [3.05, 3.63) is 35.9 Å². The molecule has 1 aliphatic heterocycles. The van der Waals surface area contributed by atoms with Gasteiger partial charge in [0.05, 0.1) is 6.42 Å². The van der Waals surface area contributed by atoms with Crippen molar-refractivity contribution < 1.29 is 14.7 Å². The highest BCUT2D eigenvalue weighted by atomic mass is 16.4. The molecule has 1 fully saturated rings. The molecule has 0 N–H and O–H groups in total. The predicted octanol–water partition coefficient (Wildman–Crippen LogP) is 0.218. The van der Waals surface area contributed by atoms with Gasteiger partial charge in [0.15, 0.2) is 0 Å². The second-order valence-electron chi connectivity index (χ2n) is 4.64. The molecule has 1 heterocycles. The van der Waals surface area contributed by atoms with Crippen LogP contribution < -0.4 is 5.11 Å². The molecule has 1 amide bonds. The van der Waals surface area contributed by atoms with Gasteiger partial charge in [-0.2, -0.15) is 0 Å². The third-order valence-corrected chi connectivity index (χ3v) is 3.38. The topological polar surface area (TPSA) is 60.4 Å². The third-order valence-electron chi connectivity index (χ3n) is 3.38. The molecule has 1 aliphatic rings. The number of aliphatic carboxylic acids is 1. The van der Waals surface area contributed by atoms with Gasteiger partial charge in [-0.25, -0.2) is 0 Å². The van der Waals surface area contributed by atoms with E-state index in [-0.39, 0.29) is 5.91 Å². The number of hydrogen-bond donors (Lipinski definition) is 0. The van der Waals surface area contributed by atoms with Crippen molar-refractivity contribution in [1.29, 1.82) is 0 Å². The highest BCUT2D eigenvalue weighted by Crippen LogP contribution is 2.17. The van der Waals surface area contributed by atoms with Crippen LogP contribution in [0.3, 0.4) is 0 Å². The minimum absolute atomic E-state index is 0.0676. The maximum Gasteiger partial charge on any atom is 0.226 e. The lowest BCUT2D eigenvalue weighted by Gasteiger charge is -2.32. The number of carboxylic acid groups (broad SMARTS) is 1. The van der Waals surface area contributed by atoms with Crippen LogP contribution in [-0.4, -0.2) is 29.9 Å². The molecule has 4 heteroatoms. The molecule has 0 radical (unpaired) electrons. The van der Waals surface area contributed by atoms with Gasteiger partial charge in [-0.1, -0.05) is 30.3 Å². The number of likely N-dealkylation sites (tertiary alicyclic amines) is 1. The lowest BCUT2D eigenvalue weighted by molar-refractivity contribution is -0.312. The molecule has 18 heavy (non-hydrogen) atoms. The largest absolute Gasteiger partial charge is 0.550 e. The smallest absolute Gasteiger partial charge is 0.226 e. The Kier molecular flexibility index (Phi) is 3.97. The number of benzene rings is 1. The zero-order valence-corrected chi connectivity index (χ0v) is 10.2. The van der Waals surface area contributed by atoms with Crippen LogP contribution in [0.4, 0.5) is 0 Å². The Morgan fingerprint density at radius 2 is 1.78 bits per heavy atom. The first kappa shape index (κ1) is 12.6. The average Bonchev–Trinajstić information content (AvgIpc) is 2.40. The van der Waals surface area contributed by atoms with E-state index in [1.807, 2.05) is 30.3 Å². The molecule has 1 aromatic carbocycles. The van der Waals surface area contributed by atoms with Gasteiger partial charge in [0.1, 0.15) is 0 Å². The van der Waals surface area contributed by atoms with Crippen molar-refractivity contribution in [2.24, 2.45) is 5.92 Å². The number of carbonyl (C=O) groups excluding carboxylic acids is 2. The van der Waals surface area contributed by atoms with Crippen molar-refractivity contribution in [2.45, 2.75) is 19.3 Å². The van der Waals surface area contributed by atoms with Gasteiger partial charge in [-0.05, 0) is 18.4 Å². The van der Waals surface area contributed by atoms with Crippen LogP contribution in [0.15, 0.2) is 30.3 Å². The third kappa shape index (κ3) is 3.09. The van der Waals surface area contributed by atoms with Gasteiger partial charge in [-0.15, -0.1) is 0 Å². The second-order valence-corrected chi connectivity index (χ2v) is 4.64. The van der Waals surface area contributed by atoms with E-state index in [2.05, 4.69) is 0 Å². The van der Waals surface area contributed by atoms with Crippen molar-refractivity contribution >= 4 is 11.9 Å². The average molecular weight is 246 g/mol. The van der Waals surface area contributed by atoms with E-state index in [4.69, 9.17) is 0 Å². The Morgan fingerprint density at radius 3 is 2.33 bits per heavy atom. The standard InChI is InChI=1S/C14H17NO3/c16-13(10-11-4-2-1-3-5-11)15-8-6-12(7-9-15)14(17)18/h1-5,12H,6-10H2,(H,17,18)/p-1. The molecule has 0 aromatic heterocycles. The first-order valence-corrected chi connectivity index (χ1v) is 6.19. The maximum absolute atomic E-state index is 12.0. The van der Waals surface area contributed by atoms with Crippen LogP contribution in [0.2, 0.25) is 0 Å². The first-order valence-electron chi connectivity index (χ1n) is 6.19. The highest BCUT2D eigenvalue weighted by molar-refractivity contribution is 5.79. The van der Waals surface area contributed by atoms with Crippen LogP contribution >= 0.6 is 0 Å². The SMILES string of the molecule is O=C([O-])C1CCN(C(=O)Cc2ccccc2)CC1. The van der Waals surface area contributed by atoms with Crippen LogP contribution in [0.5, 0.6) is 0 Å². The monoisotopic (exact) mass is 246 g/mol. The summed E-state index contributed by atoms with van der Waals surface area (Å²) >= 11 is 0. The zero-order chi connectivity index (χ0) is 13.0. The fraction of sp³-hybridized carbons (Fsp3) is 0.429. The fourth-order valence-electron chi connectivity index (χ4n) is 2.25. The summed E-state index contributed by atoms with van der Waals surface area (Å²) in [6, 6.07) is 9.58. The molecule has 0 spiro atoms. The minimum Gasteiger partial charge on any atom is -0.550 e. The molecule has 0 unspecified atom stereocenters. The number of carbonyl (C=O) groups is 2. The summed E-state index contributed by atoms with van der Waals surface area (Å²) in [5.74, 6) is -1.33. The van der Waals surface area contributed by atoms with E-state index in [9.17, 15) is 14.7 Å². The zero-order valence-electron chi connectivity index (χ0n) is 10.2. The van der Waals surface area contributed by atoms with E-state index >= 15 is 0 Å².